The van der Waals surface area contributed by atoms with Gasteiger partial charge in [-0.1, -0.05) is 78.9 Å². The van der Waals surface area contributed by atoms with Crippen molar-refractivity contribution in [1.29, 1.82) is 0 Å². The molecule has 0 radical (unpaired) electrons. The zero-order valence-corrected chi connectivity index (χ0v) is 14.2. The molecule has 0 saturated carbocycles. The molecule has 130 valence electrons. The summed E-state index contributed by atoms with van der Waals surface area (Å²) in [7, 11) is 0. The molecule has 1 atom stereocenters. The maximum absolute atomic E-state index is 12.8. The van der Waals surface area contributed by atoms with Crippen LogP contribution in [0, 0.1) is 0 Å². The topological polar surface area (TPSA) is 55.4 Å². The van der Waals surface area contributed by atoms with Crippen LogP contribution in [0.5, 0.6) is 0 Å². The molecular weight excluding hydrogens is 326 g/mol. The van der Waals surface area contributed by atoms with Crippen molar-refractivity contribution < 1.29 is 14.3 Å². The number of nitrogens with one attached hydrogen (secondary N) is 1. The number of Topliss-reactive ketones (excluding diaryl/α,β-unsaturated/α-hetero) is 1. The fourth-order valence-electron chi connectivity index (χ4n) is 2.48. The van der Waals surface area contributed by atoms with E-state index in [1.165, 1.54) is 0 Å². The Morgan fingerprint density at radius 3 is 1.81 bits per heavy atom. The molecule has 0 aliphatic rings. The Balaban J connectivity index is 1.76. The van der Waals surface area contributed by atoms with Gasteiger partial charge >= 0.3 is 0 Å². The molecule has 4 nitrogen and oxygen atoms in total. The summed E-state index contributed by atoms with van der Waals surface area (Å²) in [4.78, 5) is 25.3. The lowest BCUT2D eigenvalue weighted by molar-refractivity contribution is 0.0190. The highest BCUT2D eigenvalue weighted by Gasteiger charge is 2.23. The molecule has 0 saturated heterocycles. The third-order valence-corrected chi connectivity index (χ3v) is 3.85. The molecule has 1 unspecified atom stereocenters. The predicted octanol–water partition coefficient (Wildman–Crippen LogP) is 3.84. The van der Waals surface area contributed by atoms with Gasteiger partial charge in [-0.05, 0) is 17.7 Å². The molecule has 0 spiro atoms. The highest BCUT2D eigenvalue weighted by Crippen LogP contribution is 2.09. The number of amides is 1. The van der Waals surface area contributed by atoms with E-state index < -0.39 is 6.23 Å². The summed E-state index contributed by atoms with van der Waals surface area (Å²) < 4.78 is 5.76. The van der Waals surface area contributed by atoms with Crippen LogP contribution >= 0.6 is 0 Å². The van der Waals surface area contributed by atoms with E-state index in [1.54, 1.807) is 48.5 Å². The van der Waals surface area contributed by atoms with E-state index in [0.717, 1.165) is 5.56 Å². The summed E-state index contributed by atoms with van der Waals surface area (Å²) in [5.74, 6) is -0.640. The van der Waals surface area contributed by atoms with E-state index in [1.807, 2.05) is 42.5 Å². The number of carbonyl (C=O) groups excluding carboxylic acids is 2. The second-order valence-electron chi connectivity index (χ2n) is 5.75. The zero-order chi connectivity index (χ0) is 18.2. The number of benzene rings is 3. The van der Waals surface area contributed by atoms with E-state index in [2.05, 4.69) is 5.32 Å². The maximum atomic E-state index is 12.8. The van der Waals surface area contributed by atoms with E-state index in [-0.39, 0.29) is 18.3 Å². The summed E-state index contributed by atoms with van der Waals surface area (Å²) in [6.45, 7) is 0.221. The molecule has 0 bridgehead atoms. The Morgan fingerprint density at radius 1 is 0.731 bits per heavy atom. The van der Waals surface area contributed by atoms with Crippen molar-refractivity contribution in [2.24, 2.45) is 0 Å². The number of hydrogen-bond acceptors (Lipinski definition) is 3. The molecular formula is C22H19NO3. The molecule has 3 rings (SSSR count). The molecule has 0 fully saturated rings. The van der Waals surface area contributed by atoms with Crippen molar-refractivity contribution in [3.63, 3.8) is 0 Å². The number of hydrogen-bond donors (Lipinski definition) is 1. The summed E-state index contributed by atoms with van der Waals surface area (Å²) in [6.07, 6.45) is -1.06. The van der Waals surface area contributed by atoms with Crippen LogP contribution in [0.25, 0.3) is 0 Å². The second-order valence-corrected chi connectivity index (χ2v) is 5.75. The van der Waals surface area contributed by atoms with Gasteiger partial charge < -0.3 is 10.1 Å². The van der Waals surface area contributed by atoms with Gasteiger partial charge in [0.05, 0.1) is 6.61 Å². The standard InChI is InChI=1S/C22H19NO3/c24-20(18-12-6-2-7-13-18)22(26-16-17-10-4-1-5-11-17)23-21(25)19-14-8-3-9-15-19/h1-15,22H,16H2,(H,23,25). The SMILES string of the molecule is O=C(NC(OCc1ccccc1)C(=O)c1ccccc1)c1ccccc1. The highest BCUT2D eigenvalue weighted by molar-refractivity contribution is 6.03. The number of ether oxygens (including phenoxy) is 1. The summed E-state index contributed by atoms with van der Waals surface area (Å²) in [5.41, 5.74) is 1.88. The van der Waals surface area contributed by atoms with E-state index in [9.17, 15) is 9.59 Å². The molecule has 3 aromatic carbocycles. The van der Waals surface area contributed by atoms with Gasteiger partial charge in [0.1, 0.15) is 0 Å². The van der Waals surface area contributed by atoms with Gasteiger partial charge in [0.2, 0.25) is 5.78 Å². The van der Waals surface area contributed by atoms with Crippen LogP contribution < -0.4 is 5.32 Å². The molecule has 1 amide bonds. The first-order chi connectivity index (χ1) is 12.7. The fourth-order valence-corrected chi connectivity index (χ4v) is 2.48. The summed E-state index contributed by atoms with van der Waals surface area (Å²) in [6, 6.07) is 27.1. The quantitative estimate of drug-likeness (QED) is 0.523. The first-order valence-corrected chi connectivity index (χ1v) is 8.35. The zero-order valence-electron chi connectivity index (χ0n) is 14.2. The number of carbonyl (C=O) groups is 2. The summed E-state index contributed by atoms with van der Waals surface area (Å²) in [5, 5.41) is 2.69. The summed E-state index contributed by atoms with van der Waals surface area (Å²) >= 11 is 0. The predicted molar refractivity (Wildman–Crippen MR) is 99.7 cm³/mol. The Kier molecular flexibility index (Phi) is 5.91. The van der Waals surface area contributed by atoms with Gasteiger partial charge in [0.25, 0.3) is 5.91 Å². The Morgan fingerprint density at radius 2 is 1.23 bits per heavy atom. The first-order valence-electron chi connectivity index (χ1n) is 8.35. The molecule has 0 aromatic heterocycles. The van der Waals surface area contributed by atoms with Gasteiger partial charge in [0.15, 0.2) is 6.23 Å². The Bertz CT molecular complexity index is 848. The largest absolute Gasteiger partial charge is 0.346 e. The van der Waals surface area contributed by atoms with Crippen LogP contribution in [-0.2, 0) is 11.3 Å². The van der Waals surface area contributed by atoms with Crippen LogP contribution in [0.4, 0.5) is 0 Å². The van der Waals surface area contributed by atoms with Crippen LogP contribution in [-0.4, -0.2) is 17.9 Å². The van der Waals surface area contributed by atoms with Crippen LogP contribution in [0.1, 0.15) is 26.3 Å². The average molecular weight is 345 g/mol. The number of ketones is 1. The van der Waals surface area contributed by atoms with Crippen molar-refractivity contribution >= 4 is 11.7 Å². The molecule has 4 heteroatoms. The van der Waals surface area contributed by atoms with Crippen molar-refractivity contribution in [2.45, 2.75) is 12.8 Å². The Labute approximate surface area is 152 Å². The third kappa shape index (κ3) is 4.65. The number of rotatable bonds is 7. The monoisotopic (exact) mass is 345 g/mol. The lowest BCUT2D eigenvalue weighted by atomic mass is 10.1. The van der Waals surface area contributed by atoms with Gasteiger partial charge in [-0.25, -0.2) is 0 Å². The molecule has 0 aliphatic carbocycles. The van der Waals surface area contributed by atoms with Crippen molar-refractivity contribution in [2.75, 3.05) is 0 Å². The molecule has 1 N–H and O–H groups in total. The first kappa shape index (κ1) is 17.6. The fraction of sp³-hybridized carbons (Fsp3) is 0.0909. The minimum absolute atomic E-state index is 0.221. The molecule has 3 aromatic rings. The van der Waals surface area contributed by atoms with Crippen LogP contribution in [0.3, 0.4) is 0 Å². The van der Waals surface area contributed by atoms with Crippen molar-refractivity contribution in [3.8, 4) is 0 Å². The van der Waals surface area contributed by atoms with Crippen molar-refractivity contribution in [3.05, 3.63) is 108 Å². The van der Waals surface area contributed by atoms with Crippen LogP contribution in [0.2, 0.25) is 0 Å². The molecule has 0 heterocycles. The lowest BCUT2D eigenvalue weighted by Gasteiger charge is -2.18. The van der Waals surface area contributed by atoms with Gasteiger partial charge in [-0.2, -0.15) is 0 Å². The van der Waals surface area contributed by atoms with Gasteiger partial charge in [-0.15, -0.1) is 0 Å². The van der Waals surface area contributed by atoms with E-state index in [0.29, 0.717) is 11.1 Å². The normalized spacial score (nSPS) is 11.5. The van der Waals surface area contributed by atoms with E-state index >= 15 is 0 Å². The highest BCUT2D eigenvalue weighted by atomic mass is 16.5. The average Bonchev–Trinajstić information content (AvgIpc) is 2.72. The maximum Gasteiger partial charge on any atom is 0.253 e. The molecule has 26 heavy (non-hydrogen) atoms. The van der Waals surface area contributed by atoms with Crippen LogP contribution in [0.15, 0.2) is 91.0 Å². The van der Waals surface area contributed by atoms with Gasteiger partial charge in [-0.3, -0.25) is 9.59 Å². The van der Waals surface area contributed by atoms with E-state index in [4.69, 9.17) is 4.74 Å². The Hall–Kier alpha value is -3.24. The van der Waals surface area contributed by atoms with Gasteiger partial charge in [0, 0.05) is 11.1 Å². The third-order valence-electron chi connectivity index (χ3n) is 3.85. The van der Waals surface area contributed by atoms with Crippen molar-refractivity contribution in [1.82, 2.24) is 5.32 Å². The second kappa shape index (κ2) is 8.74. The molecule has 0 aliphatic heterocycles. The minimum atomic E-state index is -1.06. The minimum Gasteiger partial charge on any atom is -0.346 e. The lowest BCUT2D eigenvalue weighted by Crippen LogP contribution is -2.42. The smallest absolute Gasteiger partial charge is 0.253 e.